The summed E-state index contributed by atoms with van der Waals surface area (Å²) in [6.07, 6.45) is -0.765. The fraction of sp³-hybridized carbons (Fsp3) is 0.632. The Morgan fingerprint density at radius 1 is 0.763 bits per heavy atom. The lowest BCUT2D eigenvalue weighted by molar-refractivity contribution is -0.143. The van der Waals surface area contributed by atoms with Gasteiger partial charge < -0.3 is 53.8 Å². The van der Waals surface area contributed by atoms with Crippen molar-refractivity contribution in [3.63, 3.8) is 0 Å². The molecule has 0 aromatic heterocycles. The van der Waals surface area contributed by atoms with Gasteiger partial charge in [-0.15, -0.1) is 0 Å². The van der Waals surface area contributed by atoms with Crippen molar-refractivity contribution in [2.24, 2.45) is 22.2 Å². The molecule has 4 amide bonds. The Labute approximate surface area is 228 Å². The van der Waals surface area contributed by atoms with E-state index in [9.17, 15) is 39.0 Å². The van der Waals surface area contributed by atoms with Gasteiger partial charge in [0.15, 0.2) is 5.96 Å². The van der Waals surface area contributed by atoms with Gasteiger partial charge >= 0.3 is 11.9 Å². The number of aliphatic carboxylic acids is 2. The van der Waals surface area contributed by atoms with Crippen LogP contribution in [-0.2, 0) is 28.8 Å². The minimum atomic E-state index is -1.75. The molecule has 216 valence electrons. The van der Waals surface area contributed by atoms with Crippen LogP contribution in [0.3, 0.4) is 0 Å². The molecule has 0 aromatic rings. The topological polar surface area (TPSA) is 302 Å². The first-order chi connectivity index (χ1) is 17.8. The molecular weight excluding hydrogens is 548 g/mol. The van der Waals surface area contributed by atoms with Gasteiger partial charge in [0.05, 0.1) is 19.1 Å². The van der Waals surface area contributed by atoms with Gasteiger partial charge in [0, 0.05) is 18.1 Å². The number of carboxylic acid groups (broad SMARTS) is 2. The summed E-state index contributed by atoms with van der Waals surface area (Å²) in [7, 11) is 0. The van der Waals surface area contributed by atoms with Crippen LogP contribution in [0, 0.1) is 0 Å². The fourth-order valence-corrected chi connectivity index (χ4v) is 3.13. The third kappa shape index (κ3) is 13.3. The molecule has 0 aromatic carbocycles. The monoisotopic (exact) mass is 582 g/mol. The maximum absolute atomic E-state index is 12.9. The highest BCUT2D eigenvalue weighted by molar-refractivity contribution is 7.80. The van der Waals surface area contributed by atoms with E-state index in [1.54, 1.807) is 0 Å². The lowest BCUT2D eigenvalue weighted by Crippen LogP contribution is -2.59. The van der Waals surface area contributed by atoms with E-state index >= 15 is 0 Å². The number of guanidine groups is 1. The van der Waals surface area contributed by atoms with Gasteiger partial charge in [-0.25, -0.2) is 4.79 Å². The fourth-order valence-electron chi connectivity index (χ4n) is 2.71. The average Bonchev–Trinajstić information content (AvgIpc) is 2.85. The Morgan fingerprint density at radius 3 is 1.74 bits per heavy atom. The summed E-state index contributed by atoms with van der Waals surface area (Å²) >= 11 is 7.70. The lowest BCUT2D eigenvalue weighted by Gasteiger charge is -2.25. The number of aliphatic hydroxyl groups excluding tert-OH is 1. The number of amides is 4. The van der Waals surface area contributed by atoms with Crippen LogP contribution in [-0.4, -0.2) is 112 Å². The van der Waals surface area contributed by atoms with E-state index in [0.717, 1.165) is 0 Å². The van der Waals surface area contributed by atoms with Gasteiger partial charge in [0.25, 0.3) is 0 Å². The van der Waals surface area contributed by atoms with Gasteiger partial charge in [-0.05, 0) is 12.8 Å². The predicted octanol–water partition coefficient (Wildman–Crippen LogP) is -5.28. The number of rotatable bonds is 18. The zero-order valence-corrected chi connectivity index (χ0v) is 22.0. The molecule has 0 saturated carbocycles. The number of thiol groups is 2. The normalized spacial score (nSPS) is 14.5. The molecule has 19 heteroatoms. The van der Waals surface area contributed by atoms with Crippen molar-refractivity contribution in [2.75, 3.05) is 24.7 Å². The number of aliphatic imine (C=N–C) groups is 1. The zero-order valence-electron chi connectivity index (χ0n) is 20.2. The second kappa shape index (κ2) is 18.0. The van der Waals surface area contributed by atoms with Crippen molar-refractivity contribution >= 4 is 66.8 Å². The molecule has 0 spiro atoms. The molecule has 0 aliphatic rings. The van der Waals surface area contributed by atoms with Crippen molar-refractivity contribution in [3.8, 4) is 0 Å². The number of nitrogens with two attached hydrogens (primary N) is 3. The van der Waals surface area contributed by atoms with E-state index in [-0.39, 0.29) is 36.9 Å². The molecule has 13 N–H and O–H groups in total. The summed E-state index contributed by atoms with van der Waals surface area (Å²) in [5.41, 5.74) is 16.1. The molecule has 38 heavy (non-hydrogen) atoms. The molecule has 0 aliphatic carbocycles. The Morgan fingerprint density at radius 2 is 1.26 bits per heavy atom. The first kappa shape index (κ1) is 34.7. The van der Waals surface area contributed by atoms with E-state index in [1.165, 1.54) is 0 Å². The number of hydrogen-bond acceptors (Lipinski definition) is 11. The summed E-state index contributed by atoms with van der Waals surface area (Å²) in [5, 5.41) is 36.4. The van der Waals surface area contributed by atoms with E-state index in [1.807, 2.05) is 5.32 Å². The molecule has 0 rings (SSSR count). The third-order valence-electron chi connectivity index (χ3n) is 4.74. The van der Waals surface area contributed by atoms with Crippen LogP contribution < -0.4 is 38.5 Å². The molecular formula is C19H34N8O9S2. The van der Waals surface area contributed by atoms with Crippen LogP contribution in [0.5, 0.6) is 0 Å². The number of carbonyl (C=O) groups is 6. The van der Waals surface area contributed by atoms with E-state index < -0.39 is 78.8 Å². The number of nitrogens with one attached hydrogen (secondary N) is 4. The van der Waals surface area contributed by atoms with Crippen molar-refractivity contribution in [1.29, 1.82) is 0 Å². The van der Waals surface area contributed by atoms with Crippen molar-refractivity contribution in [2.45, 2.75) is 49.5 Å². The second-order valence-electron chi connectivity index (χ2n) is 7.78. The Balaban J connectivity index is 5.64. The number of aliphatic hydroxyl groups is 1. The summed E-state index contributed by atoms with van der Waals surface area (Å²) in [4.78, 5) is 76.3. The van der Waals surface area contributed by atoms with Crippen LogP contribution in [0.25, 0.3) is 0 Å². The van der Waals surface area contributed by atoms with Crippen LogP contribution in [0.15, 0.2) is 4.99 Å². The SMILES string of the molecule is NC(N)=NCCC[C@H](NC(=O)[C@@H](N)CS)C(=O)N[C@@H](CC(=O)O)C(=O)N[C@@H](CO)C(=O)N[C@@H](CS)C(=O)O. The Hall–Kier alpha value is -3.29. The molecule has 0 unspecified atom stereocenters. The lowest BCUT2D eigenvalue weighted by atomic mass is 10.1. The first-order valence-electron chi connectivity index (χ1n) is 11.1. The summed E-state index contributed by atoms with van der Waals surface area (Å²) in [6.45, 7) is -0.883. The van der Waals surface area contributed by atoms with Crippen LogP contribution in [0.1, 0.15) is 19.3 Å². The van der Waals surface area contributed by atoms with Gasteiger partial charge in [0.1, 0.15) is 24.2 Å². The largest absolute Gasteiger partial charge is 0.481 e. The number of carbonyl (C=O) groups excluding carboxylic acids is 4. The maximum Gasteiger partial charge on any atom is 0.327 e. The highest BCUT2D eigenvalue weighted by Crippen LogP contribution is 2.03. The molecule has 0 aliphatic heterocycles. The van der Waals surface area contributed by atoms with E-state index in [0.29, 0.717) is 0 Å². The Bertz CT molecular complexity index is 888. The molecule has 17 nitrogen and oxygen atoms in total. The minimum Gasteiger partial charge on any atom is -0.481 e. The highest BCUT2D eigenvalue weighted by Gasteiger charge is 2.32. The molecule has 0 radical (unpaired) electrons. The molecule has 0 bridgehead atoms. The van der Waals surface area contributed by atoms with Gasteiger partial charge in [-0.3, -0.25) is 29.0 Å². The number of nitrogens with zero attached hydrogens (tertiary/aromatic N) is 1. The van der Waals surface area contributed by atoms with Crippen molar-refractivity contribution in [3.05, 3.63) is 0 Å². The molecule has 5 atom stereocenters. The van der Waals surface area contributed by atoms with Gasteiger partial charge in [-0.1, -0.05) is 0 Å². The zero-order chi connectivity index (χ0) is 29.4. The first-order valence-corrected chi connectivity index (χ1v) is 12.3. The average molecular weight is 583 g/mol. The van der Waals surface area contributed by atoms with Crippen molar-refractivity contribution in [1.82, 2.24) is 21.3 Å². The second-order valence-corrected chi connectivity index (χ2v) is 8.51. The van der Waals surface area contributed by atoms with Crippen molar-refractivity contribution < 1.29 is 44.1 Å². The Kier molecular flexibility index (Phi) is 16.5. The number of hydrogen-bond donors (Lipinski definition) is 12. The van der Waals surface area contributed by atoms with Gasteiger partial charge in [-0.2, -0.15) is 25.3 Å². The molecule has 0 fully saturated rings. The summed E-state index contributed by atoms with van der Waals surface area (Å²) in [5.74, 6) is -7.41. The minimum absolute atomic E-state index is 0.0307. The maximum atomic E-state index is 12.9. The van der Waals surface area contributed by atoms with E-state index in [4.69, 9.17) is 22.3 Å². The standard InChI is InChI=1S/C19H34N8O9S2/c20-8(6-37)14(31)24-9(2-1-3-23-19(21)22)15(32)25-10(4-13(29)30)16(33)26-11(5-28)17(34)27-12(7-38)18(35)36/h8-12,28,37-38H,1-7,20H2,(H,24,31)(H,25,32)(H,26,33)(H,27,34)(H,29,30)(H,35,36)(H4,21,22,23)/t8-,9-,10-,11-,12-/m0/s1. The van der Waals surface area contributed by atoms with Crippen LogP contribution in [0.2, 0.25) is 0 Å². The third-order valence-corrected chi connectivity index (χ3v) is 5.49. The van der Waals surface area contributed by atoms with E-state index in [2.05, 4.69) is 46.2 Å². The van der Waals surface area contributed by atoms with Gasteiger partial charge in [0.2, 0.25) is 23.6 Å². The summed E-state index contributed by atoms with van der Waals surface area (Å²) < 4.78 is 0. The number of carboxylic acids is 2. The smallest absolute Gasteiger partial charge is 0.327 e. The quantitative estimate of drug-likeness (QED) is 0.0312. The van der Waals surface area contributed by atoms with Crippen LogP contribution in [0.4, 0.5) is 0 Å². The predicted molar refractivity (Wildman–Crippen MR) is 140 cm³/mol. The summed E-state index contributed by atoms with van der Waals surface area (Å²) in [6, 6.07) is -7.22. The molecule has 0 saturated heterocycles. The highest BCUT2D eigenvalue weighted by atomic mass is 32.1. The van der Waals surface area contributed by atoms with Crippen LogP contribution >= 0.6 is 25.3 Å². The molecule has 0 heterocycles.